The summed E-state index contributed by atoms with van der Waals surface area (Å²) in [6.07, 6.45) is 4.60. The highest BCUT2D eigenvalue weighted by molar-refractivity contribution is 5.93. The van der Waals surface area contributed by atoms with E-state index in [9.17, 15) is 14.4 Å². The molecule has 0 atom stereocenters. The highest BCUT2D eigenvalue weighted by atomic mass is 16.5. The molecule has 9 nitrogen and oxygen atoms in total. The maximum atomic E-state index is 12.8. The lowest BCUT2D eigenvalue weighted by Crippen LogP contribution is -2.46. The van der Waals surface area contributed by atoms with Crippen molar-refractivity contribution in [3.63, 3.8) is 0 Å². The third kappa shape index (κ3) is 3.13. The van der Waals surface area contributed by atoms with Crippen molar-refractivity contribution >= 4 is 11.9 Å². The van der Waals surface area contributed by atoms with Gasteiger partial charge in [-0.15, -0.1) is 0 Å². The van der Waals surface area contributed by atoms with E-state index in [1.54, 1.807) is 17.0 Å². The first-order valence-electron chi connectivity index (χ1n) is 10.5. The molecule has 3 aliphatic rings. The zero-order chi connectivity index (χ0) is 20.7. The maximum absolute atomic E-state index is 12.8. The number of aromatic amines is 2. The molecule has 2 aliphatic heterocycles. The van der Waals surface area contributed by atoms with Gasteiger partial charge in [0, 0.05) is 43.4 Å². The number of nitrogens with one attached hydrogen (secondary N) is 2. The van der Waals surface area contributed by atoms with Crippen LogP contribution in [0.3, 0.4) is 0 Å². The molecule has 1 aliphatic carbocycles. The molecule has 2 aromatic heterocycles. The number of likely N-dealkylation sites (tertiary alicyclic amines) is 1. The van der Waals surface area contributed by atoms with Gasteiger partial charge in [0.15, 0.2) is 0 Å². The third-order valence-corrected chi connectivity index (χ3v) is 6.73. The number of rotatable bonds is 2. The van der Waals surface area contributed by atoms with E-state index in [1.807, 2.05) is 0 Å². The van der Waals surface area contributed by atoms with Crippen LogP contribution in [-0.2, 0) is 16.6 Å². The molecular formula is C21H25N5O4. The molecule has 1 spiro atoms. The van der Waals surface area contributed by atoms with Crippen molar-refractivity contribution in [2.75, 3.05) is 44.3 Å². The lowest BCUT2D eigenvalue weighted by molar-refractivity contribution is 0.0661. The fourth-order valence-electron chi connectivity index (χ4n) is 4.95. The Bertz CT molecular complexity index is 1080. The average molecular weight is 411 g/mol. The second-order valence-electron chi connectivity index (χ2n) is 8.30. The monoisotopic (exact) mass is 411 g/mol. The quantitative estimate of drug-likeness (QED) is 0.741. The van der Waals surface area contributed by atoms with Crippen molar-refractivity contribution in [1.29, 1.82) is 0 Å². The molecule has 1 amide bonds. The van der Waals surface area contributed by atoms with Gasteiger partial charge in [0.2, 0.25) is 5.95 Å². The van der Waals surface area contributed by atoms with Crippen molar-refractivity contribution < 1.29 is 9.53 Å². The summed E-state index contributed by atoms with van der Waals surface area (Å²) in [5.74, 6) is 0.385. The van der Waals surface area contributed by atoms with Crippen LogP contribution in [0.25, 0.3) is 0 Å². The van der Waals surface area contributed by atoms with Crippen LogP contribution < -0.4 is 16.0 Å². The maximum Gasteiger partial charge on any atom is 0.260 e. The van der Waals surface area contributed by atoms with E-state index in [1.165, 1.54) is 6.20 Å². The number of hydrogen-bond acceptors (Lipinski definition) is 6. The summed E-state index contributed by atoms with van der Waals surface area (Å²) < 4.78 is 5.41. The van der Waals surface area contributed by atoms with Gasteiger partial charge in [-0.25, -0.2) is 4.98 Å². The Balaban J connectivity index is 1.39. The van der Waals surface area contributed by atoms with Crippen molar-refractivity contribution in [2.45, 2.75) is 31.1 Å². The van der Waals surface area contributed by atoms with Gasteiger partial charge in [-0.1, -0.05) is 0 Å². The van der Waals surface area contributed by atoms with Gasteiger partial charge in [-0.3, -0.25) is 19.4 Å². The van der Waals surface area contributed by atoms with Gasteiger partial charge in [0.1, 0.15) is 5.56 Å². The SMILES string of the molecule is O=C(c1ccc[nH]c1=O)N1CCC2(CCc3c2nc(N2CCOCC2)[nH]c3=O)CC1. The van der Waals surface area contributed by atoms with Crippen LogP contribution in [0.5, 0.6) is 0 Å². The Labute approximate surface area is 173 Å². The minimum atomic E-state index is -0.364. The Hall–Kier alpha value is -2.94. The van der Waals surface area contributed by atoms with Gasteiger partial charge in [-0.05, 0) is 37.8 Å². The summed E-state index contributed by atoms with van der Waals surface area (Å²) in [6.45, 7) is 3.77. The van der Waals surface area contributed by atoms with E-state index in [-0.39, 0.29) is 28.0 Å². The zero-order valence-corrected chi connectivity index (χ0v) is 16.8. The van der Waals surface area contributed by atoms with Crippen LogP contribution >= 0.6 is 0 Å². The molecule has 9 heteroatoms. The average Bonchev–Trinajstić information content (AvgIpc) is 3.13. The smallest absolute Gasteiger partial charge is 0.260 e. The Kier molecular flexibility index (Phi) is 4.69. The molecule has 2 N–H and O–H groups in total. The van der Waals surface area contributed by atoms with Gasteiger partial charge >= 0.3 is 0 Å². The lowest BCUT2D eigenvalue weighted by atomic mass is 9.76. The summed E-state index contributed by atoms with van der Waals surface area (Å²) in [5, 5.41) is 0. The highest BCUT2D eigenvalue weighted by Crippen LogP contribution is 2.44. The number of carbonyl (C=O) groups is 1. The van der Waals surface area contributed by atoms with Crippen LogP contribution in [0, 0.1) is 0 Å². The molecule has 30 heavy (non-hydrogen) atoms. The largest absolute Gasteiger partial charge is 0.378 e. The van der Waals surface area contributed by atoms with Crippen LogP contribution in [0.15, 0.2) is 27.9 Å². The molecule has 0 unspecified atom stereocenters. The van der Waals surface area contributed by atoms with Crippen molar-refractivity contribution in [3.05, 3.63) is 55.9 Å². The molecule has 0 saturated carbocycles. The minimum Gasteiger partial charge on any atom is -0.378 e. The Morgan fingerprint density at radius 3 is 2.57 bits per heavy atom. The van der Waals surface area contributed by atoms with E-state index in [2.05, 4.69) is 14.9 Å². The summed E-state index contributed by atoms with van der Waals surface area (Å²) >= 11 is 0. The van der Waals surface area contributed by atoms with Gasteiger partial charge < -0.3 is 19.5 Å². The van der Waals surface area contributed by atoms with Crippen molar-refractivity contribution in [2.24, 2.45) is 0 Å². The Morgan fingerprint density at radius 1 is 1.07 bits per heavy atom. The molecular weight excluding hydrogens is 386 g/mol. The molecule has 158 valence electrons. The van der Waals surface area contributed by atoms with Crippen molar-refractivity contribution in [1.82, 2.24) is 19.9 Å². The Morgan fingerprint density at radius 2 is 1.83 bits per heavy atom. The molecule has 0 aromatic carbocycles. The van der Waals surface area contributed by atoms with Crippen LogP contribution in [0.4, 0.5) is 5.95 Å². The van der Waals surface area contributed by atoms with E-state index < -0.39 is 0 Å². The number of H-pyrrole nitrogens is 2. The first kappa shape index (κ1) is 19.0. The number of ether oxygens (including phenoxy) is 1. The number of morpholine rings is 1. The molecule has 0 radical (unpaired) electrons. The summed E-state index contributed by atoms with van der Waals surface area (Å²) in [5.41, 5.74) is 1.27. The second kappa shape index (κ2) is 7.39. The van der Waals surface area contributed by atoms with Crippen LogP contribution in [0.1, 0.15) is 40.9 Å². The zero-order valence-electron chi connectivity index (χ0n) is 16.8. The van der Waals surface area contributed by atoms with Crippen molar-refractivity contribution in [3.8, 4) is 0 Å². The molecule has 2 aromatic rings. The summed E-state index contributed by atoms with van der Waals surface area (Å²) in [7, 11) is 0. The normalized spacial score (nSPS) is 20.4. The number of anilines is 1. The number of piperidine rings is 1. The predicted molar refractivity (Wildman–Crippen MR) is 110 cm³/mol. The fraction of sp³-hybridized carbons (Fsp3) is 0.524. The fourth-order valence-corrected chi connectivity index (χ4v) is 4.95. The standard InChI is InChI=1S/C21H25N5O4/c27-17-15(2-1-7-22-17)19(29)25-8-5-21(6-9-25)4-3-14-16(21)23-20(24-18(14)28)26-10-12-30-13-11-26/h1-2,7H,3-6,8-13H2,(H,22,27)(H,23,24,28). The first-order valence-corrected chi connectivity index (χ1v) is 10.5. The molecule has 4 heterocycles. The number of amides is 1. The first-order chi connectivity index (χ1) is 14.6. The van der Waals surface area contributed by atoms with E-state index in [4.69, 9.17) is 9.72 Å². The molecule has 2 fully saturated rings. The molecule has 5 rings (SSSR count). The predicted octanol–water partition coefficient (Wildman–Crippen LogP) is 0.415. The van der Waals surface area contributed by atoms with Gasteiger partial charge in [0.25, 0.3) is 17.0 Å². The number of hydrogen-bond donors (Lipinski definition) is 2. The minimum absolute atomic E-state index is 0.0484. The van der Waals surface area contributed by atoms with Crippen LogP contribution in [0.2, 0.25) is 0 Å². The van der Waals surface area contributed by atoms with E-state index in [0.717, 1.165) is 30.5 Å². The van der Waals surface area contributed by atoms with E-state index in [0.29, 0.717) is 51.8 Å². The number of carbonyl (C=O) groups excluding carboxylic acids is 1. The number of pyridine rings is 1. The third-order valence-electron chi connectivity index (χ3n) is 6.73. The summed E-state index contributed by atoms with van der Waals surface area (Å²) in [6, 6.07) is 3.22. The van der Waals surface area contributed by atoms with Crippen LogP contribution in [-0.4, -0.2) is 65.2 Å². The summed E-state index contributed by atoms with van der Waals surface area (Å²) in [4.78, 5) is 51.8. The number of fused-ring (bicyclic) bond motifs is 2. The van der Waals surface area contributed by atoms with Gasteiger partial charge in [-0.2, -0.15) is 0 Å². The molecule has 2 saturated heterocycles. The lowest BCUT2D eigenvalue weighted by Gasteiger charge is -2.39. The second-order valence-corrected chi connectivity index (χ2v) is 8.30. The van der Waals surface area contributed by atoms with E-state index >= 15 is 0 Å². The number of nitrogens with zero attached hydrogens (tertiary/aromatic N) is 3. The topological polar surface area (TPSA) is 111 Å². The number of aromatic nitrogens is 3. The molecule has 0 bridgehead atoms. The van der Waals surface area contributed by atoms with Gasteiger partial charge in [0.05, 0.1) is 18.9 Å². The highest BCUT2D eigenvalue weighted by Gasteiger charge is 2.45.